The van der Waals surface area contributed by atoms with Gasteiger partial charge in [0.2, 0.25) is 0 Å². The van der Waals surface area contributed by atoms with Crippen LogP contribution >= 0.6 is 0 Å². The van der Waals surface area contributed by atoms with Crippen LogP contribution in [0.25, 0.3) is 10.9 Å². The van der Waals surface area contributed by atoms with E-state index in [1.165, 1.54) is 0 Å². The van der Waals surface area contributed by atoms with Gasteiger partial charge >= 0.3 is 0 Å². The molecule has 2 N–H and O–H groups in total. The number of aromatic nitrogens is 1. The normalized spacial score (nSPS) is 23.7. The molecular formula is C24H25N3O3. The van der Waals surface area contributed by atoms with Gasteiger partial charge in [0.15, 0.2) is 0 Å². The van der Waals surface area contributed by atoms with Gasteiger partial charge in [-0.2, -0.15) is 0 Å². The Kier molecular flexibility index (Phi) is 4.40. The SMILES string of the molecule is C=CCN1CC[C@]2(c3cccc(O)c3)Cc3[nH]c4cccc([N+](=O)[O-])c4c3CC2C1. The molecule has 0 bridgehead atoms. The van der Waals surface area contributed by atoms with Crippen LogP contribution < -0.4 is 0 Å². The quantitative estimate of drug-likeness (QED) is 0.386. The van der Waals surface area contributed by atoms with Gasteiger partial charge < -0.3 is 10.1 Å². The van der Waals surface area contributed by atoms with E-state index in [0.717, 1.165) is 66.6 Å². The lowest BCUT2D eigenvalue weighted by molar-refractivity contribution is -0.383. The van der Waals surface area contributed by atoms with Gasteiger partial charge in [-0.1, -0.05) is 24.3 Å². The third-order valence-corrected chi connectivity index (χ3v) is 7.08. The van der Waals surface area contributed by atoms with Gasteiger partial charge in [-0.25, -0.2) is 0 Å². The summed E-state index contributed by atoms with van der Waals surface area (Å²) in [4.78, 5) is 17.3. The smallest absolute Gasteiger partial charge is 0.279 e. The number of nitro benzene ring substituents is 1. The van der Waals surface area contributed by atoms with Crippen molar-refractivity contribution in [1.82, 2.24) is 9.88 Å². The molecule has 1 fully saturated rings. The Bertz CT molecular complexity index is 1150. The predicted octanol–water partition coefficient (Wildman–Crippen LogP) is 4.33. The average molecular weight is 403 g/mol. The number of hydrogen-bond donors (Lipinski definition) is 2. The van der Waals surface area contributed by atoms with Gasteiger partial charge in [-0.3, -0.25) is 15.0 Å². The van der Waals surface area contributed by atoms with Crippen LogP contribution in [0, 0.1) is 16.0 Å². The first-order chi connectivity index (χ1) is 14.5. The van der Waals surface area contributed by atoms with Gasteiger partial charge in [0, 0.05) is 30.3 Å². The van der Waals surface area contributed by atoms with Crippen molar-refractivity contribution >= 4 is 16.6 Å². The number of nitrogens with one attached hydrogen (secondary N) is 1. The van der Waals surface area contributed by atoms with E-state index in [1.54, 1.807) is 18.2 Å². The van der Waals surface area contributed by atoms with E-state index < -0.39 is 0 Å². The Labute approximate surface area is 175 Å². The zero-order chi connectivity index (χ0) is 20.9. The minimum Gasteiger partial charge on any atom is -0.508 e. The maximum absolute atomic E-state index is 11.7. The van der Waals surface area contributed by atoms with Crippen LogP contribution in [0.2, 0.25) is 0 Å². The number of rotatable bonds is 4. The predicted molar refractivity (Wildman–Crippen MR) is 117 cm³/mol. The van der Waals surface area contributed by atoms with Crippen LogP contribution in [0.5, 0.6) is 5.75 Å². The molecule has 2 heterocycles. The van der Waals surface area contributed by atoms with Crippen molar-refractivity contribution in [2.75, 3.05) is 19.6 Å². The molecule has 0 spiro atoms. The zero-order valence-electron chi connectivity index (χ0n) is 16.8. The van der Waals surface area contributed by atoms with E-state index in [2.05, 4.69) is 22.5 Å². The lowest BCUT2D eigenvalue weighted by atomic mass is 9.58. The van der Waals surface area contributed by atoms with Crippen LogP contribution in [-0.2, 0) is 18.3 Å². The number of hydrogen-bond acceptors (Lipinski definition) is 4. The summed E-state index contributed by atoms with van der Waals surface area (Å²) in [5, 5.41) is 22.6. The summed E-state index contributed by atoms with van der Waals surface area (Å²) in [6, 6.07) is 12.9. The van der Waals surface area contributed by atoms with Crippen molar-refractivity contribution < 1.29 is 10.0 Å². The third-order valence-electron chi connectivity index (χ3n) is 7.08. The summed E-state index contributed by atoms with van der Waals surface area (Å²) >= 11 is 0. The number of phenolic OH excluding ortho intramolecular Hbond substituents is 1. The minimum atomic E-state index is -0.279. The van der Waals surface area contributed by atoms with E-state index >= 15 is 0 Å². The van der Waals surface area contributed by atoms with Crippen LogP contribution in [0.3, 0.4) is 0 Å². The van der Waals surface area contributed by atoms with Gasteiger partial charge in [0.1, 0.15) is 5.75 Å². The molecule has 1 aliphatic heterocycles. The summed E-state index contributed by atoms with van der Waals surface area (Å²) in [7, 11) is 0. The largest absolute Gasteiger partial charge is 0.508 e. The molecule has 2 aliphatic rings. The Balaban J connectivity index is 1.67. The molecule has 0 radical (unpaired) electrons. The molecule has 2 atom stereocenters. The molecule has 0 amide bonds. The minimum absolute atomic E-state index is 0.0981. The highest BCUT2D eigenvalue weighted by molar-refractivity contribution is 5.93. The number of fused-ring (bicyclic) bond motifs is 4. The van der Waals surface area contributed by atoms with Crippen molar-refractivity contribution in [3.8, 4) is 5.75 Å². The molecule has 3 aromatic rings. The summed E-state index contributed by atoms with van der Waals surface area (Å²) in [6.45, 7) is 6.61. The Hall–Kier alpha value is -3.12. The summed E-state index contributed by atoms with van der Waals surface area (Å²) in [5.74, 6) is 0.589. The monoisotopic (exact) mass is 403 g/mol. The Morgan fingerprint density at radius 1 is 1.33 bits per heavy atom. The topological polar surface area (TPSA) is 82.4 Å². The van der Waals surface area contributed by atoms with Crippen molar-refractivity contribution in [2.45, 2.75) is 24.7 Å². The zero-order valence-corrected chi connectivity index (χ0v) is 16.8. The van der Waals surface area contributed by atoms with Gasteiger partial charge in [-0.05, 0) is 61.1 Å². The van der Waals surface area contributed by atoms with Crippen molar-refractivity contribution in [1.29, 1.82) is 0 Å². The van der Waals surface area contributed by atoms with Crippen molar-refractivity contribution in [3.63, 3.8) is 0 Å². The number of benzene rings is 2. The molecule has 1 aromatic heterocycles. The second-order valence-electron chi connectivity index (χ2n) is 8.62. The molecule has 6 heteroatoms. The first kappa shape index (κ1) is 18.9. The fraction of sp³-hybridized carbons (Fsp3) is 0.333. The van der Waals surface area contributed by atoms with E-state index in [-0.39, 0.29) is 21.8 Å². The van der Waals surface area contributed by atoms with Crippen LogP contribution in [0.1, 0.15) is 23.2 Å². The second kappa shape index (κ2) is 6.99. The molecular weight excluding hydrogens is 378 g/mol. The van der Waals surface area contributed by atoms with E-state index in [4.69, 9.17) is 0 Å². The average Bonchev–Trinajstić information content (AvgIpc) is 3.09. The van der Waals surface area contributed by atoms with Crippen molar-refractivity contribution in [3.05, 3.63) is 82.1 Å². The standard InChI is InChI=1S/C24H25N3O3/c1-2-10-26-11-9-24(16-5-3-6-18(28)12-16)14-21-19(13-17(24)15-26)23-20(25-21)7-4-8-22(23)27(29)30/h2-8,12,17,25,28H,1,9-11,13-15H2/t17?,24-/m1/s1. The maximum Gasteiger partial charge on any atom is 0.279 e. The summed E-state index contributed by atoms with van der Waals surface area (Å²) in [6.07, 6.45) is 4.49. The number of H-pyrrole nitrogens is 1. The lowest BCUT2D eigenvalue weighted by Crippen LogP contribution is -2.53. The number of piperidine rings is 1. The number of phenols is 1. The van der Waals surface area contributed by atoms with Crippen LogP contribution in [0.4, 0.5) is 5.69 Å². The highest BCUT2D eigenvalue weighted by Crippen LogP contribution is 2.50. The third kappa shape index (κ3) is 2.82. The molecule has 30 heavy (non-hydrogen) atoms. The first-order valence-corrected chi connectivity index (χ1v) is 10.4. The molecule has 1 saturated heterocycles. The first-order valence-electron chi connectivity index (χ1n) is 10.4. The van der Waals surface area contributed by atoms with Crippen LogP contribution in [0.15, 0.2) is 55.1 Å². The van der Waals surface area contributed by atoms with Gasteiger partial charge in [0.25, 0.3) is 5.69 Å². The Morgan fingerprint density at radius 3 is 2.93 bits per heavy atom. The number of likely N-dealkylation sites (tertiary alicyclic amines) is 1. The number of nitro groups is 1. The molecule has 6 nitrogen and oxygen atoms in total. The molecule has 2 aromatic carbocycles. The molecule has 5 rings (SSSR count). The summed E-state index contributed by atoms with van der Waals surface area (Å²) in [5.41, 5.74) is 4.24. The maximum atomic E-state index is 11.7. The molecule has 1 unspecified atom stereocenters. The number of aromatic amines is 1. The molecule has 1 aliphatic carbocycles. The number of non-ortho nitro benzene ring substituents is 1. The fourth-order valence-electron chi connectivity index (χ4n) is 5.72. The Morgan fingerprint density at radius 2 is 2.17 bits per heavy atom. The second-order valence-corrected chi connectivity index (χ2v) is 8.62. The van der Waals surface area contributed by atoms with Crippen LogP contribution in [-0.4, -0.2) is 39.5 Å². The van der Waals surface area contributed by atoms with Crippen molar-refractivity contribution in [2.24, 2.45) is 5.92 Å². The number of nitrogens with zero attached hydrogens (tertiary/aromatic N) is 2. The van der Waals surface area contributed by atoms with E-state index in [0.29, 0.717) is 5.92 Å². The van der Waals surface area contributed by atoms with Gasteiger partial charge in [0.05, 0.1) is 15.8 Å². The lowest BCUT2D eigenvalue weighted by Gasteiger charge is -2.51. The highest BCUT2D eigenvalue weighted by atomic mass is 16.6. The fourth-order valence-corrected chi connectivity index (χ4v) is 5.72. The molecule has 154 valence electrons. The van der Waals surface area contributed by atoms with E-state index in [9.17, 15) is 15.2 Å². The summed E-state index contributed by atoms with van der Waals surface area (Å²) < 4.78 is 0. The molecule has 0 saturated carbocycles. The highest BCUT2D eigenvalue weighted by Gasteiger charge is 2.48. The van der Waals surface area contributed by atoms with Gasteiger partial charge in [-0.15, -0.1) is 6.58 Å². The van der Waals surface area contributed by atoms with E-state index in [1.807, 2.05) is 24.3 Å². The number of aromatic hydroxyl groups is 1.